The molecular weight excluding hydrogens is 244 g/mol. The minimum absolute atomic E-state index is 0.0782. The van der Waals surface area contributed by atoms with Gasteiger partial charge in [-0.05, 0) is 35.9 Å². The largest absolute Gasteiger partial charge is 0.456 e. The van der Waals surface area contributed by atoms with E-state index in [1.807, 2.05) is 4.90 Å². The number of azide groups is 1. The predicted molar refractivity (Wildman–Crippen MR) is 70.4 cm³/mol. The molecule has 0 spiro atoms. The summed E-state index contributed by atoms with van der Waals surface area (Å²) >= 11 is 0. The molecule has 1 fully saturated rings. The molecule has 0 bridgehead atoms. The van der Waals surface area contributed by atoms with E-state index in [0.717, 1.165) is 19.5 Å². The number of likely N-dealkylation sites (tertiary alicyclic amines) is 1. The summed E-state index contributed by atoms with van der Waals surface area (Å²) in [4.78, 5) is 16.8. The lowest BCUT2D eigenvalue weighted by Crippen LogP contribution is -2.42. The van der Waals surface area contributed by atoms with Crippen LogP contribution in [0.25, 0.3) is 10.4 Å². The van der Waals surface area contributed by atoms with Gasteiger partial charge in [-0.3, -0.25) is 4.79 Å². The van der Waals surface area contributed by atoms with E-state index in [9.17, 15) is 4.79 Å². The lowest BCUT2D eigenvalue weighted by molar-refractivity contribution is 0.0590. The van der Waals surface area contributed by atoms with Gasteiger partial charge in [-0.25, -0.2) is 0 Å². The van der Waals surface area contributed by atoms with Crippen molar-refractivity contribution in [2.24, 2.45) is 17.0 Å². The molecular formula is C13H18N4O2. The highest BCUT2D eigenvalue weighted by Gasteiger charge is 2.27. The Morgan fingerprint density at radius 3 is 2.79 bits per heavy atom. The third kappa shape index (κ3) is 3.29. The van der Waals surface area contributed by atoms with E-state index in [1.165, 1.54) is 0 Å². The summed E-state index contributed by atoms with van der Waals surface area (Å²) in [5.41, 5.74) is 8.25. The summed E-state index contributed by atoms with van der Waals surface area (Å²) in [7, 11) is 0. The summed E-state index contributed by atoms with van der Waals surface area (Å²) in [5, 5.41) is 3.41. The number of carbonyl (C=O) groups is 1. The van der Waals surface area contributed by atoms with Gasteiger partial charge in [-0.1, -0.05) is 19.0 Å². The van der Waals surface area contributed by atoms with Crippen molar-refractivity contribution in [3.8, 4) is 0 Å². The number of hydrogen-bond acceptors (Lipinski definition) is 3. The smallest absolute Gasteiger partial charge is 0.289 e. The molecule has 2 heterocycles. The molecule has 0 saturated carbocycles. The van der Waals surface area contributed by atoms with Gasteiger partial charge in [-0.2, -0.15) is 0 Å². The van der Waals surface area contributed by atoms with Crippen molar-refractivity contribution >= 4 is 5.91 Å². The quantitative estimate of drug-likeness (QED) is 0.476. The molecule has 2 rings (SSSR count). The number of nitrogens with zero attached hydrogens (tertiary/aromatic N) is 4. The predicted octanol–water partition coefficient (Wildman–Crippen LogP) is 3.21. The first-order valence-corrected chi connectivity index (χ1v) is 6.49. The molecule has 2 unspecified atom stereocenters. The highest BCUT2D eigenvalue weighted by molar-refractivity contribution is 5.91. The number of carbonyl (C=O) groups excluding carboxylic acids is 1. The van der Waals surface area contributed by atoms with Crippen LogP contribution in [-0.4, -0.2) is 23.9 Å². The zero-order valence-electron chi connectivity index (χ0n) is 11.2. The highest BCUT2D eigenvalue weighted by atomic mass is 16.4. The fourth-order valence-electron chi connectivity index (χ4n) is 2.66. The van der Waals surface area contributed by atoms with Crippen molar-refractivity contribution in [1.29, 1.82) is 0 Å². The van der Waals surface area contributed by atoms with Gasteiger partial charge in [0.1, 0.15) is 5.76 Å². The summed E-state index contributed by atoms with van der Waals surface area (Å²) in [5.74, 6) is 1.80. The van der Waals surface area contributed by atoms with Crippen LogP contribution in [-0.2, 0) is 6.54 Å². The number of piperidine rings is 1. The lowest BCUT2D eigenvalue weighted by atomic mass is 9.92. The maximum absolute atomic E-state index is 12.3. The zero-order valence-corrected chi connectivity index (χ0v) is 11.2. The van der Waals surface area contributed by atoms with Gasteiger partial charge in [0.25, 0.3) is 5.91 Å². The Kier molecular flexibility index (Phi) is 4.12. The number of hydrogen-bond donors (Lipinski definition) is 0. The monoisotopic (exact) mass is 262 g/mol. The number of rotatable bonds is 3. The highest BCUT2D eigenvalue weighted by Crippen LogP contribution is 2.23. The Hall–Kier alpha value is -1.94. The summed E-state index contributed by atoms with van der Waals surface area (Å²) < 4.78 is 5.42. The first-order valence-electron chi connectivity index (χ1n) is 6.49. The maximum atomic E-state index is 12.3. The molecule has 1 aromatic heterocycles. The molecule has 1 saturated heterocycles. The van der Waals surface area contributed by atoms with E-state index in [4.69, 9.17) is 9.95 Å². The van der Waals surface area contributed by atoms with Crippen LogP contribution >= 0.6 is 0 Å². The van der Waals surface area contributed by atoms with Crippen molar-refractivity contribution in [3.63, 3.8) is 0 Å². The molecule has 1 aromatic rings. The summed E-state index contributed by atoms with van der Waals surface area (Å²) in [6, 6.07) is 3.33. The van der Waals surface area contributed by atoms with Gasteiger partial charge in [0.2, 0.25) is 0 Å². The molecule has 102 valence electrons. The molecule has 2 atom stereocenters. The average Bonchev–Trinajstić information content (AvgIpc) is 2.83. The van der Waals surface area contributed by atoms with E-state index in [0.29, 0.717) is 23.4 Å². The molecule has 0 radical (unpaired) electrons. The maximum Gasteiger partial charge on any atom is 0.289 e. The Bertz CT molecular complexity index is 494. The average molecular weight is 262 g/mol. The molecule has 0 aliphatic carbocycles. The third-order valence-electron chi connectivity index (χ3n) is 3.32. The molecule has 19 heavy (non-hydrogen) atoms. The Balaban J connectivity index is 2.06. The molecule has 6 heteroatoms. The van der Waals surface area contributed by atoms with E-state index in [2.05, 4.69) is 23.9 Å². The second kappa shape index (κ2) is 5.80. The second-order valence-electron chi connectivity index (χ2n) is 5.31. The Morgan fingerprint density at radius 1 is 1.47 bits per heavy atom. The Labute approximate surface area is 112 Å². The van der Waals surface area contributed by atoms with Crippen molar-refractivity contribution in [3.05, 3.63) is 34.1 Å². The summed E-state index contributed by atoms with van der Waals surface area (Å²) in [6.07, 6.45) is 1.16. The molecule has 1 amide bonds. The fraction of sp³-hybridized carbons (Fsp3) is 0.615. The fourth-order valence-corrected chi connectivity index (χ4v) is 2.66. The molecule has 6 nitrogen and oxygen atoms in total. The minimum atomic E-state index is -0.0782. The minimum Gasteiger partial charge on any atom is -0.456 e. The van der Waals surface area contributed by atoms with Gasteiger partial charge in [-0.15, -0.1) is 0 Å². The molecule has 0 N–H and O–H groups in total. The van der Waals surface area contributed by atoms with Crippen molar-refractivity contribution < 1.29 is 9.21 Å². The van der Waals surface area contributed by atoms with E-state index in [1.54, 1.807) is 12.1 Å². The topological polar surface area (TPSA) is 82.2 Å². The molecule has 0 aromatic carbocycles. The molecule has 1 aliphatic heterocycles. The van der Waals surface area contributed by atoms with Gasteiger partial charge in [0, 0.05) is 18.0 Å². The third-order valence-corrected chi connectivity index (χ3v) is 3.32. The zero-order chi connectivity index (χ0) is 13.8. The van der Waals surface area contributed by atoms with E-state index in [-0.39, 0.29) is 12.5 Å². The van der Waals surface area contributed by atoms with E-state index >= 15 is 0 Å². The van der Waals surface area contributed by atoms with Crippen LogP contribution in [0.2, 0.25) is 0 Å². The van der Waals surface area contributed by atoms with Crippen LogP contribution in [0.5, 0.6) is 0 Å². The van der Waals surface area contributed by atoms with Crippen LogP contribution in [0.3, 0.4) is 0 Å². The van der Waals surface area contributed by atoms with Crippen LogP contribution in [0.1, 0.15) is 36.6 Å². The standard InChI is InChI=1S/C13H18N4O2/c1-9-5-10(2)8-17(7-9)13(18)12-4-3-11(19-12)6-15-16-14/h3-4,9-10H,5-8H2,1-2H3. The van der Waals surface area contributed by atoms with Crippen LogP contribution in [0, 0.1) is 11.8 Å². The SMILES string of the molecule is CC1CC(C)CN(C(=O)c2ccc(CN=[N+]=[N-])o2)C1. The normalized spacial score (nSPS) is 22.9. The van der Waals surface area contributed by atoms with Gasteiger partial charge in [0.15, 0.2) is 5.76 Å². The van der Waals surface area contributed by atoms with E-state index < -0.39 is 0 Å². The molecule has 1 aliphatic rings. The summed E-state index contributed by atoms with van der Waals surface area (Å²) in [6.45, 7) is 6.00. The van der Waals surface area contributed by atoms with Gasteiger partial charge in [0.05, 0.1) is 6.54 Å². The first kappa shape index (κ1) is 13.5. The first-order chi connectivity index (χ1) is 9.10. The number of furan rings is 1. The van der Waals surface area contributed by atoms with Crippen molar-refractivity contribution in [2.45, 2.75) is 26.8 Å². The second-order valence-corrected chi connectivity index (χ2v) is 5.31. The lowest BCUT2D eigenvalue weighted by Gasteiger charge is -2.34. The van der Waals surface area contributed by atoms with Crippen LogP contribution < -0.4 is 0 Å². The van der Waals surface area contributed by atoms with Crippen molar-refractivity contribution in [1.82, 2.24) is 4.90 Å². The van der Waals surface area contributed by atoms with Crippen molar-refractivity contribution in [2.75, 3.05) is 13.1 Å². The van der Waals surface area contributed by atoms with Gasteiger partial charge >= 0.3 is 0 Å². The Morgan fingerprint density at radius 2 is 2.16 bits per heavy atom. The van der Waals surface area contributed by atoms with Crippen LogP contribution in [0.15, 0.2) is 21.7 Å². The number of amides is 1. The van der Waals surface area contributed by atoms with Gasteiger partial charge < -0.3 is 9.32 Å². The van der Waals surface area contributed by atoms with Crippen LogP contribution in [0.4, 0.5) is 0 Å².